The largest absolute Gasteiger partial charge is 0.479 e. The number of aromatic nitrogens is 2. The summed E-state index contributed by atoms with van der Waals surface area (Å²) in [6, 6.07) is 7.31. The second-order valence-electron chi connectivity index (χ2n) is 5.14. The van der Waals surface area contributed by atoms with Crippen molar-refractivity contribution >= 4 is 34.0 Å². The van der Waals surface area contributed by atoms with Crippen LogP contribution in [-0.2, 0) is 9.59 Å². The smallest absolute Gasteiger partial charge is 0.267 e. The Kier molecular flexibility index (Phi) is 4.24. The molecule has 2 amide bonds. The molecule has 1 aliphatic rings. The maximum Gasteiger partial charge on any atom is 0.267 e. The van der Waals surface area contributed by atoms with E-state index in [1.807, 2.05) is 31.2 Å². The molecule has 2 heterocycles. The zero-order valence-electron chi connectivity index (χ0n) is 12.8. The van der Waals surface area contributed by atoms with Gasteiger partial charge in [0.15, 0.2) is 6.10 Å². The van der Waals surface area contributed by atoms with Gasteiger partial charge in [0.1, 0.15) is 10.8 Å². The molecule has 0 saturated carbocycles. The van der Waals surface area contributed by atoms with E-state index in [4.69, 9.17) is 4.74 Å². The number of fused-ring (bicyclic) bond motifs is 1. The third-order valence-corrected chi connectivity index (χ3v) is 4.16. The van der Waals surface area contributed by atoms with Crippen LogP contribution < -0.4 is 15.0 Å². The molecule has 2 aromatic rings. The van der Waals surface area contributed by atoms with Crippen LogP contribution >= 0.6 is 11.3 Å². The van der Waals surface area contributed by atoms with Gasteiger partial charge in [0.05, 0.1) is 5.69 Å². The van der Waals surface area contributed by atoms with Gasteiger partial charge in [-0.15, -0.1) is 10.2 Å². The van der Waals surface area contributed by atoms with Crippen LogP contribution in [0.15, 0.2) is 24.3 Å². The summed E-state index contributed by atoms with van der Waals surface area (Å²) in [5.74, 6) is 0.300. The monoisotopic (exact) mass is 332 g/mol. The van der Waals surface area contributed by atoms with Gasteiger partial charge in [-0.25, -0.2) is 0 Å². The van der Waals surface area contributed by atoms with Gasteiger partial charge in [-0.1, -0.05) is 23.5 Å². The number of ether oxygens (including phenoxy) is 1. The molecule has 7 nitrogen and oxygen atoms in total. The highest BCUT2D eigenvalue weighted by molar-refractivity contribution is 7.15. The maximum atomic E-state index is 12.3. The van der Waals surface area contributed by atoms with Crippen molar-refractivity contribution in [3.8, 4) is 5.75 Å². The van der Waals surface area contributed by atoms with Crippen molar-refractivity contribution in [1.82, 2.24) is 10.2 Å². The predicted molar refractivity (Wildman–Crippen MR) is 86.8 cm³/mol. The third kappa shape index (κ3) is 3.31. The summed E-state index contributed by atoms with van der Waals surface area (Å²) in [5.41, 5.74) is 0.690. The molecule has 23 heavy (non-hydrogen) atoms. The first kappa shape index (κ1) is 15.4. The summed E-state index contributed by atoms with van der Waals surface area (Å²) in [4.78, 5) is 25.9. The number of nitrogens with one attached hydrogen (secondary N) is 1. The fraction of sp³-hybridized carbons (Fsp3) is 0.333. The Morgan fingerprint density at radius 3 is 2.91 bits per heavy atom. The molecule has 0 spiro atoms. The number of para-hydroxylation sites is 2. The van der Waals surface area contributed by atoms with Gasteiger partial charge in [0, 0.05) is 13.0 Å². The topological polar surface area (TPSA) is 84.4 Å². The van der Waals surface area contributed by atoms with Gasteiger partial charge in [-0.3, -0.25) is 9.59 Å². The highest BCUT2D eigenvalue weighted by atomic mass is 32.1. The maximum absolute atomic E-state index is 12.3. The van der Waals surface area contributed by atoms with Gasteiger partial charge < -0.3 is 15.0 Å². The minimum absolute atomic E-state index is 0.150. The van der Waals surface area contributed by atoms with Crippen LogP contribution in [0.5, 0.6) is 5.75 Å². The number of benzene rings is 1. The van der Waals surface area contributed by atoms with Crippen molar-refractivity contribution in [1.29, 1.82) is 0 Å². The van der Waals surface area contributed by atoms with Crippen LogP contribution in [0.4, 0.5) is 10.8 Å². The lowest BCUT2D eigenvalue weighted by atomic mass is 10.1. The van der Waals surface area contributed by atoms with Gasteiger partial charge >= 0.3 is 0 Å². The molecular weight excluding hydrogens is 316 g/mol. The Labute approximate surface area is 137 Å². The predicted octanol–water partition coefficient (Wildman–Crippen LogP) is 1.99. The van der Waals surface area contributed by atoms with Crippen LogP contribution in [0.3, 0.4) is 0 Å². The number of hydrogen-bond acceptors (Lipinski definition) is 6. The molecule has 8 heteroatoms. The molecule has 0 unspecified atom stereocenters. The summed E-state index contributed by atoms with van der Waals surface area (Å²) in [5, 5.41) is 11.6. The first-order valence-corrected chi connectivity index (χ1v) is 8.03. The minimum atomic E-state index is -0.557. The molecule has 0 radical (unpaired) electrons. The highest BCUT2D eigenvalue weighted by Gasteiger charge is 2.31. The average molecular weight is 332 g/mol. The number of amides is 2. The van der Waals surface area contributed by atoms with E-state index in [0.717, 1.165) is 5.01 Å². The van der Waals surface area contributed by atoms with Crippen molar-refractivity contribution in [2.45, 2.75) is 26.4 Å². The number of nitrogens with zero attached hydrogens (tertiary/aromatic N) is 3. The first-order valence-electron chi connectivity index (χ1n) is 7.21. The lowest BCUT2D eigenvalue weighted by Crippen LogP contribution is -2.45. The summed E-state index contributed by atoms with van der Waals surface area (Å²) in [7, 11) is 0. The van der Waals surface area contributed by atoms with Crippen molar-refractivity contribution in [3.05, 3.63) is 29.3 Å². The first-order chi connectivity index (χ1) is 11.0. The van der Waals surface area contributed by atoms with E-state index in [2.05, 4.69) is 15.5 Å². The number of hydrogen-bond donors (Lipinski definition) is 1. The van der Waals surface area contributed by atoms with E-state index in [1.165, 1.54) is 11.3 Å². The second kappa shape index (κ2) is 6.33. The van der Waals surface area contributed by atoms with E-state index in [-0.39, 0.29) is 24.8 Å². The zero-order valence-corrected chi connectivity index (χ0v) is 13.6. The summed E-state index contributed by atoms with van der Waals surface area (Å²) in [6.45, 7) is 3.81. The van der Waals surface area contributed by atoms with Gasteiger partial charge in [0.25, 0.3) is 5.91 Å². The fourth-order valence-corrected chi connectivity index (χ4v) is 2.94. The number of rotatable bonds is 4. The van der Waals surface area contributed by atoms with Crippen LogP contribution in [0.2, 0.25) is 0 Å². The van der Waals surface area contributed by atoms with E-state index in [1.54, 1.807) is 11.8 Å². The summed E-state index contributed by atoms with van der Waals surface area (Å²) in [6.07, 6.45) is -0.385. The molecule has 0 fully saturated rings. The molecule has 1 aromatic heterocycles. The van der Waals surface area contributed by atoms with E-state index in [0.29, 0.717) is 16.6 Å². The van der Waals surface area contributed by atoms with Crippen LogP contribution in [0.1, 0.15) is 18.4 Å². The Balaban J connectivity index is 1.67. The quantitative estimate of drug-likeness (QED) is 0.925. The zero-order chi connectivity index (χ0) is 16.4. The molecule has 1 atom stereocenters. The number of carbonyl (C=O) groups is 2. The SMILES string of the molecule is Cc1nnc(NC(=O)CCN2C(=O)[C@H](C)Oc3ccccc32)s1. The molecule has 120 valence electrons. The fourth-order valence-electron chi connectivity index (χ4n) is 2.33. The highest BCUT2D eigenvalue weighted by Crippen LogP contribution is 2.33. The van der Waals surface area contributed by atoms with E-state index < -0.39 is 6.10 Å². The molecular formula is C15H16N4O3S. The van der Waals surface area contributed by atoms with E-state index in [9.17, 15) is 9.59 Å². The van der Waals surface area contributed by atoms with Crippen LogP contribution in [0.25, 0.3) is 0 Å². The summed E-state index contributed by atoms with van der Waals surface area (Å²) >= 11 is 1.31. The van der Waals surface area contributed by atoms with Gasteiger partial charge in [-0.2, -0.15) is 0 Å². The van der Waals surface area contributed by atoms with Crippen molar-refractivity contribution in [2.24, 2.45) is 0 Å². The Bertz CT molecular complexity index is 746. The molecule has 0 aliphatic carbocycles. The molecule has 0 saturated heterocycles. The summed E-state index contributed by atoms with van der Waals surface area (Å²) < 4.78 is 5.57. The Morgan fingerprint density at radius 2 is 2.17 bits per heavy atom. The molecule has 1 aromatic carbocycles. The second-order valence-corrected chi connectivity index (χ2v) is 6.32. The van der Waals surface area contributed by atoms with Crippen molar-refractivity contribution < 1.29 is 14.3 Å². The Morgan fingerprint density at radius 1 is 1.39 bits per heavy atom. The van der Waals surface area contributed by atoms with Gasteiger partial charge in [-0.05, 0) is 26.0 Å². The van der Waals surface area contributed by atoms with Crippen LogP contribution in [-0.4, -0.2) is 34.7 Å². The standard InChI is InChI=1S/C15H16N4O3S/c1-9-14(21)19(11-5-3-4-6-12(11)22-9)8-7-13(20)16-15-18-17-10(2)23-15/h3-6,9H,7-8H2,1-2H3,(H,16,18,20)/t9-/m0/s1. The van der Waals surface area contributed by atoms with Crippen molar-refractivity contribution in [2.75, 3.05) is 16.8 Å². The molecule has 0 bridgehead atoms. The number of anilines is 2. The average Bonchev–Trinajstić information content (AvgIpc) is 2.93. The minimum Gasteiger partial charge on any atom is -0.479 e. The number of carbonyl (C=O) groups excluding carboxylic acids is 2. The normalized spacial score (nSPS) is 16.7. The number of aryl methyl sites for hydroxylation is 1. The van der Waals surface area contributed by atoms with E-state index >= 15 is 0 Å². The third-order valence-electron chi connectivity index (χ3n) is 3.41. The lowest BCUT2D eigenvalue weighted by Gasteiger charge is -2.32. The lowest BCUT2D eigenvalue weighted by molar-refractivity contribution is -0.125. The molecule has 1 N–H and O–H groups in total. The molecule has 3 rings (SSSR count). The van der Waals surface area contributed by atoms with Crippen molar-refractivity contribution in [3.63, 3.8) is 0 Å². The molecule has 1 aliphatic heterocycles. The van der Waals surface area contributed by atoms with Gasteiger partial charge in [0.2, 0.25) is 11.0 Å². The Hall–Kier alpha value is -2.48. The van der Waals surface area contributed by atoms with Crippen LogP contribution in [0, 0.1) is 6.92 Å².